The van der Waals surface area contributed by atoms with E-state index < -0.39 is 17.5 Å². The van der Waals surface area contributed by atoms with Crippen LogP contribution in [0.3, 0.4) is 0 Å². The van der Waals surface area contributed by atoms with E-state index in [1.807, 2.05) is 0 Å². The van der Waals surface area contributed by atoms with Crippen molar-refractivity contribution in [1.29, 1.82) is 0 Å². The summed E-state index contributed by atoms with van der Waals surface area (Å²) in [7, 11) is 1.66. The first-order valence-electron chi connectivity index (χ1n) is 9.34. The summed E-state index contributed by atoms with van der Waals surface area (Å²) in [6.45, 7) is 1.55. The van der Waals surface area contributed by atoms with E-state index in [2.05, 4.69) is 15.3 Å². The Morgan fingerprint density at radius 3 is 2.71 bits per heavy atom. The van der Waals surface area contributed by atoms with Crippen molar-refractivity contribution in [2.45, 2.75) is 44.7 Å². The van der Waals surface area contributed by atoms with E-state index in [-0.39, 0.29) is 34.9 Å². The number of aromatic nitrogens is 3. The van der Waals surface area contributed by atoms with Gasteiger partial charge in [-0.3, -0.25) is 0 Å². The molecule has 3 N–H and O–H groups in total. The SMILES string of the molecule is Cc1nc(-c2cn(C)c3c(F)cc(F)cc23)nc(N[C@H]2CCC[C@@H](N)C2)c1F. The van der Waals surface area contributed by atoms with Crippen LogP contribution in [0, 0.1) is 24.4 Å². The number of halogens is 3. The molecule has 0 spiro atoms. The van der Waals surface area contributed by atoms with Gasteiger partial charge in [-0.1, -0.05) is 0 Å². The van der Waals surface area contributed by atoms with Crippen LogP contribution < -0.4 is 11.1 Å². The molecule has 5 nitrogen and oxygen atoms in total. The molecule has 0 radical (unpaired) electrons. The van der Waals surface area contributed by atoms with Gasteiger partial charge >= 0.3 is 0 Å². The highest BCUT2D eigenvalue weighted by atomic mass is 19.1. The number of fused-ring (bicyclic) bond motifs is 1. The number of benzene rings is 1. The van der Waals surface area contributed by atoms with E-state index in [0.717, 1.165) is 31.7 Å². The molecule has 3 aromatic rings. The van der Waals surface area contributed by atoms with Crippen LogP contribution >= 0.6 is 0 Å². The average Bonchev–Trinajstić information content (AvgIpc) is 2.95. The maximum absolute atomic E-state index is 14.7. The van der Waals surface area contributed by atoms with Crippen molar-refractivity contribution in [3.63, 3.8) is 0 Å². The van der Waals surface area contributed by atoms with Crippen molar-refractivity contribution in [3.8, 4) is 11.4 Å². The van der Waals surface area contributed by atoms with Crippen molar-refractivity contribution < 1.29 is 13.2 Å². The molecule has 2 heterocycles. The highest BCUT2D eigenvalue weighted by Crippen LogP contribution is 2.32. The van der Waals surface area contributed by atoms with Gasteiger partial charge < -0.3 is 15.6 Å². The number of hydrogen-bond donors (Lipinski definition) is 2. The van der Waals surface area contributed by atoms with E-state index in [1.54, 1.807) is 24.7 Å². The largest absolute Gasteiger partial charge is 0.365 e. The summed E-state index contributed by atoms with van der Waals surface area (Å²) >= 11 is 0. The van der Waals surface area contributed by atoms with E-state index in [1.165, 1.54) is 6.07 Å². The number of nitrogens with zero attached hydrogens (tertiary/aromatic N) is 3. The van der Waals surface area contributed by atoms with Gasteiger partial charge in [-0.15, -0.1) is 0 Å². The molecule has 1 fully saturated rings. The van der Waals surface area contributed by atoms with Gasteiger partial charge in [0.25, 0.3) is 0 Å². The Hall–Kier alpha value is -2.61. The summed E-state index contributed by atoms with van der Waals surface area (Å²) < 4.78 is 44.2. The normalized spacial score (nSPS) is 19.9. The minimum Gasteiger partial charge on any atom is -0.365 e. The quantitative estimate of drug-likeness (QED) is 0.709. The van der Waals surface area contributed by atoms with Gasteiger partial charge in [0.1, 0.15) is 11.6 Å². The first-order chi connectivity index (χ1) is 13.3. The predicted molar refractivity (Wildman–Crippen MR) is 102 cm³/mol. The second-order valence-electron chi connectivity index (χ2n) is 7.50. The summed E-state index contributed by atoms with van der Waals surface area (Å²) in [6.07, 6.45) is 5.18. The van der Waals surface area contributed by atoms with Crippen LogP contribution in [0.5, 0.6) is 0 Å². The van der Waals surface area contributed by atoms with Crippen LogP contribution in [-0.4, -0.2) is 26.6 Å². The van der Waals surface area contributed by atoms with Crippen molar-refractivity contribution in [1.82, 2.24) is 14.5 Å². The fourth-order valence-corrected chi connectivity index (χ4v) is 3.96. The first-order valence-corrected chi connectivity index (χ1v) is 9.34. The second kappa shape index (κ2) is 7.09. The number of nitrogens with one attached hydrogen (secondary N) is 1. The van der Waals surface area contributed by atoms with Crippen LogP contribution in [0.1, 0.15) is 31.4 Å². The zero-order valence-corrected chi connectivity index (χ0v) is 15.8. The highest BCUT2D eigenvalue weighted by Gasteiger charge is 2.23. The molecule has 28 heavy (non-hydrogen) atoms. The Bertz CT molecular complexity index is 1050. The lowest BCUT2D eigenvalue weighted by atomic mass is 9.91. The summed E-state index contributed by atoms with van der Waals surface area (Å²) in [5.74, 6) is -1.57. The Balaban J connectivity index is 1.79. The highest BCUT2D eigenvalue weighted by molar-refractivity contribution is 5.95. The Morgan fingerprint density at radius 1 is 1.18 bits per heavy atom. The smallest absolute Gasteiger partial charge is 0.186 e. The van der Waals surface area contributed by atoms with E-state index >= 15 is 0 Å². The molecule has 4 rings (SSSR count). The molecule has 1 saturated carbocycles. The molecule has 148 valence electrons. The van der Waals surface area contributed by atoms with Gasteiger partial charge in [0.15, 0.2) is 17.5 Å². The van der Waals surface area contributed by atoms with Crippen molar-refractivity contribution in [2.75, 3.05) is 5.32 Å². The molecule has 0 saturated heterocycles. The second-order valence-corrected chi connectivity index (χ2v) is 7.50. The summed E-state index contributed by atoms with van der Waals surface area (Å²) in [4.78, 5) is 8.57. The molecule has 1 aromatic carbocycles. The summed E-state index contributed by atoms with van der Waals surface area (Å²) in [6, 6.07) is 2.19. The zero-order valence-electron chi connectivity index (χ0n) is 15.8. The molecule has 0 amide bonds. The molecule has 8 heteroatoms. The van der Waals surface area contributed by atoms with Crippen LogP contribution in [0.2, 0.25) is 0 Å². The minimum absolute atomic E-state index is 0.0304. The van der Waals surface area contributed by atoms with Gasteiger partial charge in [0.2, 0.25) is 0 Å². The lowest BCUT2D eigenvalue weighted by Crippen LogP contribution is -2.35. The van der Waals surface area contributed by atoms with Gasteiger partial charge in [0.05, 0.1) is 11.2 Å². The van der Waals surface area contributed by atoms with Crippen LogP contribution in [0.25, 0.3) is 22.3 Å². The van der Waals surface area contributed by atoms with Crippen LogP contribution in [0.15, 0.2) is 18.3 Å². The van der Waals surface area contributed by atoms with E-state index in [0.29, 0.717) is 10.9 Å². The third-order valence-electron chi connectivity index (χ3n) is 5.31. The standard InChI is InChI=1S/C20H22F3N5/c1-10-17(23)20(26-13-5-3-4-12(24)8-13)27-19(25-10)15-9-28(2)18-14(15)6-11(21)7-16(18)22/h6-7,9,12-13H,3-5,8,24H2,1-2H3,(H,25,26,27)/t12-,13+/m1/s1. The van der Waals surface area contributed by atoms with Crippen LogP contribution in [-0.2, 0) is 7.05 Å². The number of hydrogen-bond acceptors (Lipinski definition) is 4. The van der Waals surface area contributed by atoms with Gasteiger partial charge in [-0.2, -0.15) is 0 Å². The number of anilines is 1. The number of rotatable bonds is 3. The Morgan fingerprint density at radius 2 is 1.96 bits per heavy atom. The van der Waals surface area contributed by atoms with Gasteiger partial charge in [0, 0.05) is 42.3 Å². The van der Waals surface area contributed by atoms with E-state index in [4.69, 9.17) is 5.73 Å². The maximum Gasteiger partial charge on any atom is 0.186 e. The van der Waals surface area contributed by atoms with Crippen molar-refractivity contribution >= 4 is 16.7 Å². The van der Waals surface area contributed by atoms with Gasteiger partial charge in [-0.25, -0.2) is 23.1 Å². The average molecular weight is 389 g/mol. The Labute approximate surface area is 160 Å². The number of nitrogens with two attached hydrogens (primary N) is 1. The van der Waals surface area contributed by atoms with Crippen molar-refractivity contribution in [2.24, 2.45) is 12.8 Å². The molecular formula is C20H22F3N5. The van der Waals surface area contributed by atoms with E-state index in [9.17, 15) is 13.2 Å². The predicted octanol–water partition coefficient (Wildman–Crippen LogP) is 4.04. The molecule has 1 aliphatic rings. The topological polar surface area (TPSA) is 68.8 Å². The third kappa shape index (κ3) is 3.32. The molecule has 0 bridgehead atoms. The minimum atomic E-state index is -0.689. The fraction of sp³-hybridized carbons (Fsp3) is 0.400. The number of aryl methyl sites for hydroxylation is 2. The van der Waals surface area contributed by atoms with Gasteiger partial charge in [-0.05, 0) is 38.7 Å². The van der Waals surface area contributed by atoms with Crippen molar-refractivity contribution in [3.05, 3.63) is 41.5 Å². The molecule has 0 unspecified atom stereocenters. The monoisotopic (exact) mass is 389 g/mol. The zero-order chi connectivity index (χ0) is 20.0. The third-order valence-corrected chi connectivity index (χ3v) is 5.31. The maximum atomic E-state index is 14.7. The molecule has 1 aliphatic carbocycles. The van der Waals surface area contributed by atoms with Crippen LogP contribution in [0.4, 0.5) is 19.0 Å². The molecule has 2 atom stereocenters. The summed E-state index contributed by atoms with van der Waals surface area (Å²) in [5.41, 5.74) is 6.88. The fourth-order valence-electron chi connectivity index (χ4n) is 3.96. The lowest BCUT2D eigenvalue weighted by Gasteiger charge is -2.28. The molecular weight excluding hydrogens is 367 g/mol. The molecule has 0 aliphatic heterocycles. The first kappa shape index (κ1) is 18.7. The summed E-state index contributed by atoms with van der Waals surface area (Å²) in [5, 5.41) is 3.49. The molecule has 2 aromatic heterocycles. The lowest BCUT2D eigenvalue weighted by molar-refractivity contribution is 0.407. The Kier molecular flexibility index (Phi) is 4.74.